The van der Waals surface area contributed by atoms with Gasteiger partial charge in [-0.05, 0) is 20.9 Å². The van der Waals surface area contributed by atoms with Crippen LogP contribution in [0.25, 0.3) is 0 Å². The van der Waals surface area contributed by atoms with Crippen molar-refractivity contribution in [2.45, 2.75) is 33.9 Å². The molecule has 17 heavy (non-hydrogen) atoms. The summed E-state index contributed by atoms with van der Waals surface area (Å²) in [6.07, 6.45) is 0. The second-order valence-electron chi connectivity index (χ2n) is 4.14. The molecule has 2 rings (SSSR count). The van der Waals surface area contributed by atoms with Crippen molar-refractivity contribution in [3.8, 4) is 0 Å². The molecule has 2 aromatic heterocycles. The van der Waals surface area contributed by atoms with Crippen LogP contribution < -0.4 is 0 Å². The average molecular weight is 252 g/mol. The highest BCUT2D eigenvalue weighted by Gasteiger charge is 2.10. The molecule has 0 fully saturated rings. The van der Waals surface area contributed by atoms with E-state index in [0.717, 1.165) is 23.1 Å². The number of aryl methyl sites for hydroxylation is 3. The summed E-state index contributed by atoms with van der Waals surface area (Å²) in [4.78, 5) is 12.1. The Labute approximate surface area is 104 Å². The molecule has 0 aliphatic rings. The van der Waals surface area contributed by atoms with Gasteiger partial charge in [-0.1, -0.05) is 5.16 Å². The van der Waals surface area contributed by atoms with Gasteiger partial charge in [0, 0.05) is 18.3 Å². The van der Waals surface area contributed by atoms with Gasteiger partial charge in [-0.15, -0.1) is 11.3 Å². The van der Waals surface area contributed by atoms with Crippen molar-refractivity contribution in [3.05, 3.63) is 27.3 Å². The van der Waals surface area contributed by atoms with E-state index in [4.69, 9.17) is 4.52 Å². The Kier molecular flexibility index (Phi) is 3.54. The molecular formula is C11H16N4OS. The molecule has 0 aromatic carbocycles. The molecule has 92 valence electrons. The number of aromatic nitrogens is 3. The van der Waals surface area contributed by atoms with Crippen molar-refractivity contribution in [1.29, 1.82) is 0 Å². The number of hydrogen-bond acceptors (Lipinski definition) is 6. The lowest BCUT2D eigenvalue weighted by Gasteiger charge is -2.12. The molecule has 0 N–H and O–H groups in total. The van der Waals surface area contributed by atoms with Crippen molar-refractivity contribution in [3.63, 3.8) is 0 Å². The van der Waals surface area contributed by atoms with Gasteiger partial charge in [-0.25, -0.2) is 4.98 Å². The second kappa shape index (κ2) is 4.93. The van der Waals surface area contributed by atoms with Gasteiger partial charge < -0.3 is 4.52 Å². The molecule has 0 saturated heterocycles. The maximum absolute atomic E-state index is 4.95. The molecule has 0 spiro atoms. The van der Waals surface area contributed by atoms with Gasteiger partial charge in [0.25, 0.3) is 0 Å². The maximum Gasteiger partial charge on any atom is 0.223 e. The Balaban J connectivity index is 1.97. The van der Waals surface area contributed by atoms with Gasteiger partial charge in [-0.3, -0.25) is 4.90 Å². The smallest absolute Gasteiger partial charge is 0.223 e. The highest BCUT2D eigenvalue weighted by atomic mass is 32.1. The zero-order valence-corrected chi connectivity index (χ0v) is 11.3. The predicted molar refractivity (Wildman–Crippen MR) is 65.8 cm³/mol. The zero-order valence-electron chi connectivity index (χ0n) is 10.5. The average Bonchev–Trinajstić information content (AvgIpc) is 2.74. The van der Waals surface area contributed by atoms with Gasteiger partial charge in [0.2, 0.25) is 5.89 Å². The van der Waals surface area contributed by atoms with Crippen LogP contribution in [0.1, 0.15) is 27.3 Å². The van der Waals surface area contributed by atoms with Gasteiger partial charge in [-0.2, -0.15) is 4.98 Å². The van der Waals surface area contributed by atoms with E-state index in [-0.39, 0.29) is 0 Å². The summed E-state index contributed by atoms with van der Waals surface area (Å²) in [5, 5.41) is 5.00. The number of rotatable bonds is 4. The lowest BCUT2D eigenvalue weighted by atomic mass is 10.3. The van der Waals surface area contributed by atoms with Crippen molar-refractivity contribution in [2.75, 3.05) is 7.05 Å². The summed E-state index contributed by atoms with van der Waals surface area (Å²) >= 11 is 1.74. The second-order valence-corrected chi connectivity index (χ2v) is 5.43. The molecule has 0 unspecified atom stereocenters. The number of hydrogen-bond donors (Lipinski definition) is 0. The molecule has 5 nitrogen and oxygen atoms in total. The first-order valence-electron chi connectivity index (χ1n) is 5.45. The maximum atomic E-state index is 4.95. The minimum absolute atomic E-state index is 0.609. The van der Waals surface area contributed by atoms with E-state index in [2.05, 4.69) is 20.0 Å². The Morgan fingerprint density at radius 1 is 1.18 bits per heavy atom. The Bertz CT molecular complexity index is 505. The Morgan fingerprint density at radius 2 is 1.94 bits per heavy atom. The van der Waals surface area contributed by atoms with Crippen LogP contribution in [0, 0.1) is 20.8 Å². The van der Waals surface area contributed by atoms with E-state index in [0.29, 0.717) is 12.4 Å². The third kappa shape index (κ3) is 3.10. The summed E-state index contributed by atoms with van der Waals surface area (Å²) in [6.45, 7) is 7.43. The van der Waals surface area contributed by atoms with E-state index >= 15 is 0 Å². The molecule has 0 aliphatic carbocycles. The van der Waals surface area contributed by atoms with Gasteiger partial charge in [0.15, 0.2) is 5.82 Å². The first-order chi connectivity index (χ1) is 8.04. The predicted octanol–water partition coefficient (Wildman–Crippen LogP) is 2.08. The minimum atomic E-state index is 0.609. The van der Waals surface area contributed by atoms with Crippen LogP contribution in [-0.4, -0.2) is 27.1 Å². The summed E-state index contributed by atoms with van der Waals surface area (Å²) in [7, 11) is 2.04. The number of nitrogens with zero attached hydrogens (tertiary/aromatic N) is 4. The largest absolute Gasteiger partial charge is 0.340 e. The van der Waals surface area contributed by atoms with E-state index in [1.54, 1.807) is 18.3 Å². The van der Waals surface area contributed by atoms with Crippen molar-refractivity contribution < 1.29 is 4.52 Å². The van der Waals surface area contributed by atoms with Crippen LogP contribution in [0.15, 0.2) is 4.52 Å². The van der Waals surface area contributed by atoms with E-state index in [9.17, 15) is 0 Å². The van der Waals surface area contributed by atoms with Gasteiger partial charge in [0.1, 0.15) is 0 Å². The topological polar surface area (TPSA) is 55.1 Å². The standard InChI is InChI=1S/C11H16N4OS/c1-7-10(17-9(3)12-7)5-15(4)6-11-13-8(2)16-14-11/h5-6H2,1-4H3. The van der Waals surface area contributed by atoms with Crippen LogP contribution in [0.5, 0.6) is 0 Å². The Hall–Kier alpha value is -1.27. The van der Waals surface area contributed by atoms with Crippen molar-refractivity contribution in [1.82, 2.24) is 20.0 Å². The van der Waals surface area contributed by atoms with Crippen molar-refractivity contribution >= 4 is 11.3 Å². The number of thiazole rings is 1. The minimum Gasteiger partial charge on any atom is -0.340 e. The molecule has 0 bridgehead atoms. The monoisotopic (exact) mass is 252 g/mol. The van der Waals surface area contributed by atoms with Gasteiger partial charge in [0.05, 0.1) is 17.2 Å². The molecule has 0 aliphatic heterocycles. The molecular weight excluding hydrogens is 236 g/mol. The first kappa shape index (κ1) is 12.2. The lowest BCUT2D eigenvalue weighted by molar-refractivity contribution is 0.302. The third-order valence-electron chi connectivity index (χ3n) is 2.39. The molecule has 2 heterocycles. The molecule has 0 atom stereocenters. The summed E-state index contributed by atoms with van der Waals surface area (Å²) in [5.74, 6) is 1.34. The Morgan fingerprint density at radius 3 is 2.47 bits per heavy atom. The van der Waals surface area contributed by atoms with Crippen LogP contribution in [-0.2, 0) is 13.1 Å². The fourth-order valence-corrected chi connectivity index (χ4v) is 2.69. The van der Waals surface area contributed by atoms with Crippen LogP contribution in [0.3, 0.4) is 0 Å². The molecule has 2 aromatic rings. The van der Waals surface area contributed by atoms with Gasteiger partial charge >= 0.3 is 0 Å². The summed E-state index contributed by atoms with van der Waals surface area (Å²) in [5.41, 5.74) is 1.11. The highest BCUT2D eigenvalue weighted by molar-refractivity contribution is 7.11. The normalized spacial score (nSPS) is 11.4. The van der Waals surface area contributed by atoms with Crippen LogP contribution >= 0.6 is 11.3 Å². The SMILES string of the molecule is Cc1nc(CN(C)Cc2sc(C)nc2C)no1. The summed E-state index contributed by atoms with van der Waals surface area (Å²) in [6, 6.07) is 0. The summed E-state index contributed by atoms with van der Waals surface area (Å²) < 4.78 is 4.95. The van der Waals surface area contributed by atoms with Crippen LogP contribution in [0.4, 0.5) is 0 Å². The molecule has 0 amide bonds. The fourth-order valence-electron chi connectivity index (χ4n) is 1.67. The fraction of sp³-hybridized carbons (Fsp3) is 0.545. The lowest BCUT2D eigenvalue weighted by Crippen LogP contribution is -2.17. The third-order valence-corrected chi connectivity index (χ3v) is 3.45. The van der Waals surface area contributed by atoms with E-state index < -0.39 is 0 Å². The van der Waals surface area contributed by atoms with E-state index in [1.807, 2.05) is 20.9 Å². The molecule has 6 heteroatoms. The first-order valence-corrected chi connectivity index (χ1v) is 6.27. The zero-order chi connectivity index (χ0) is 12.4. The molecule has 0 saturated carbocycles. The van der Waals surface area contributed by atoms with E-state index in [1.165, 1.54) is 4.88 Å². The van der Waals surface area contributed by atoms with Crippen molar-refractivity contribution in [2.24, 2.45) is 0 Å². The quantitative estimate of drug-likeness (QED) is 0.834. The molecule has 0 radical (unpaired) electrons. The van der Waals surface area contributed by atoms with Crippen LogP contribution in [0.2, 0.25) is 0 Å². The highest BCUT2D eigenvalue weighted by Crippen LogP contribution is 2.19.